The van der Waals surface area contributed by atoms with Crippen molar-refractivity contribution in [3.8, 4) is 6.07 Å². The van der Waals surface area contributed by atoms with Gasteiger partial charge in [0.15, 0.2) is 0 Å². The molecule has 2 saturated heterocycles. The Kier molecular flexibility index (Phi) is 8.04. The maximum Gasteiger partial charge on any atom is 0.270 e. The molecule has 3 heterocycles. The van der Waals surface area contributed by atoms with Crippen molar-refractivity contribution in [2.45, 2.75) is 66.7 Å². The number of thiocarbonyl (C=S) groups is 1. The van der Waals surface area contributed by atoms with Crippen LogP contribution in [0.2, 0.25) is 0 Å². The second-order valence-corrected chi connectivity index (χ2v) is 10.8. The lowest BCUT2D eigenvalue weighted by Crippen LogP contribution is -2.48. The Balaban J connectivity index is 2.24. The third-order valence-electron chi connectivity index (χ3n) is 5.71. The van der Waals surface area contributed by atoms with Crippen LogP contribution in [0, 0.1) is 24.2 Å². The van der Waals surface area contributed by atoms with Crippen LogP contribution in [0.1, 0.15) is 57.7 Å². The number of nitrogens with zero attached hydrogens (tertiary/aromatic N) is 4. The molecule has 1 amide bonds. The highest BCUT2D eigenvalue weighted by atomic mass is 32.2. The number of carbonyl (C=O) groups excluding carboxylic acids is 1. The van der Waals surface area contributed by atoms with Crippen molar-refractivity contribution in [1.82, 2.24) is 9.47 Å². The summed E-state index contributed by atoms with van der Waals surface area (Å²) in [5.74, 6) is 0.908. The first-order chi connectivity index (χ1) is 15.6. The number of rotatable bonds is 6. The molecule has 2 unspecified atom stereocenters. The summed E-state index contributed by atoms with van der Waals surface area (Å²) in [4.78, 5) is 30.8. The van der Waals surface area contributed by atoms with E-state index in [0.717, 1.165) is 17.8 Å². The molecule has 2 atom stereocenters. The number of anilines is 1. The Hall–Kier alpha value is -2.15. The molecule has 2 aliphatic heterocycles. The molecule has 0 aromatic carbocycles. The van der Waals surface area contributed by atoms with Gasteiger partial charge in [-0.3, -0.25) is 19.1 Å². The number of hydrogen-bond acceptors (Lipinski definition) is 7. The average molecular weight is 489 g/mol. The lowest BCUT2D eigenvalue weighted by Gasteiger charge is -2.39. The van der Waals surface area contributed by atoms with E-state index >= 15 is 0 Å². The molecule has 0 N–H and O–H groups in total. The van der Waals surface area contributed by atoms with Crippen molar-refractivity contribution in [1.29, 1.82) is 5.26 Å². The van der Waals surface area contributed by atoms with Crippen LogP contribution < -0.4 is 10.5 Å². The van der Waals surface area contributed by atoms with Gasteiger partial charge in [0.1, 0.15) is 21.8 Å². The van der Waals surface area contributed by atoms with E-state index in [2.05, 4.69) is 11.0 Å². The monoisotopic (exact) mass is 488 g/mol. The molecule has 0 radical (unpaired) electrons. The number of hydrogen-bond donors (Lipinski definition) is 0. The van der Waals surface area contributed by atoms with Gasteiger partial charge in [-0.15, -0.1) is 0 Å². The lowest BCUT2D eigenvalue weighted by molar-refractivity contribution is -0.122. The topological polar surface area (TPSA) is 78.6 Å². The van der Waals surface area contributed by atoms with Crippen LogP contribution >= 0.6 is 24.0 Å². The van der Waals surface area contributed by atoms with Crippen molar-refractivity contribution in [2.24, 2.45) is 5.92 Å². The van der Waals surface area contributed by atoms with Crippen LogP contribution in [0.15, 0.2) is 9.70 Å². The van der Waals surface area contributed by atoms with Crippen LogP contribution in [0.4, 0.5) is 5.82 Å². The molecular weight excluding hydrogens is 456 g/mol. The zero-order valence-electron chi connectivity index (χ0n) is 20.2. The molecule has 3 rings (SSSR count). The van der Waals surface area contributed by atoms with Gasteiger partial charge in [-0.1, -0.05) is 44.8 Å². The van der Waals surface area contributed by atoms with Crippen LogP contribution in [0.25, 0.3) is 6.08 Å². The predicted molar refractivity (Wildman–Crippen MR) is 137 cm³/mol. The molecule has 7 nitrogen and oxygen atoms in total. The van der Waals surface area contributed by atoms with Crippen molar-refractivity contribution in [3.05, 3.63) is 31.9 Å². The smallest absolute Gasteiger partial charge is 0.270 e. The maximum atomic E-state index is 13.3. The zero-order valence-corrected chi connectivity index (χ0v) is 21.8. The fraction of sp³-hybridized carbons (Fsp3) is 0.583. The van der Waals surface area contributed by atoms with E-state index in [9.17, 15) is 14.9 Å². The Morgan fingerprint density at radius 1 is 1.27 bits per heavy atom. The van der Waals surface area contributed by atoms with E-state index in [1.807, 2.05) is 40.7 Å². The fourth-order valence-corrected chi connectivity index (χ4v) is 5.68. The van der Waals surface area contributed by atoms with Gasteiger partial charge < -0.3 is 9.64 Å². The Labute approximate surface area is 205 Å². The summed E-state index contributed by atoms with van der Waals surface area (Å²) in [6.45, 7) is 14.2. The lowest BCUT2D eigenvalue weighted by atomic mass is 10.0. The van der Waals surface area contributed by atoms with E-state index in [4.69, 9.17) is 17.0 Å². The first-order valence-corrected chi connectivity index (χ1v) is 12.6. The summed E-state index contributed by atoms with van der Waals surface area (Å²) in [6, 6.07) is 2.10. The number of aromatic nitrogens is 1. The third kappa shape index (κ3) is 5.18. The van der Waals surface area contributed by atoms with E-state index in [0.29, 0.717) is 41.0 Å². The van der Waals surface area contributed by atoms with Gasteiger partial charge in [0, 0.05) is 31.7 Å². The molecule has 1 aromatic rings. The molecule has 0 spiro atoms. The molecule has 9 heteroatoms. The number of ether oxygens (including phenoxy) is 1. The molecular formula is C24H32N4O3S2. The Bertz CT molecular complexity index is 1080. The quantitative estimate of drug-likeness (QED) is 0.444. The summed E-state index contributed by atoms with van der Waals surface area (Å²) in [5.41, 5.74) is 1.14. The molecule has 178 valence electrons. The number of thioether (sulfide) groups is 1. The SMILES string of the molecule is CCCn1c(N2CC(C)OC(C)C2)c(/C=C2/SC(=S)N(CC(C)C)C2=O)c(C)c(C#N)c1=O. The van der Waals surface area contributed by atoms with Crippen LogP contribution in [-0.2, 0) is 16.1 Å². The number of pyridine rings is 1. The van der Waals surface area contributed by atoms with Crippen LogP contribution in [-0.4, -0.2) is 51.5 Å². The minimum atomic E-state index is -0.289. The highest BCUT2D eigenvalue weighted by Gasteiger charge is 2.34. The van der Waals surface area contributed by atoms with E-state index in [1.54, 1.807) is 16.4 Å². The summed E-state index contributed by atoms with van der Waals surface area (Å²) < 4.78 is 8.15. The van der Waals surface area contributed by atoms with Gasteiger partial charge in [-0.25, -0.2) is 0 Å². The fourth-order valence-electron chi connectivity index (χ4n) is 4.42. The van der Waals surface area contributed by atoms with Gasteiger partial charge in [0.2, 0.25) is 0 Å². The van der Waals surface area contributed by atoms with Crippen molar-refractivity contribution >= 4 is 46.1 Å². The molecule has 1 aromatic heterocycles. The second-order valence-electron chi connectivity index (χ2n) is 9.15. The molecule has 2 fully saturated rings. The first-order valence-electron chi connectivity index (χ1n) is 11.4. The minimum absolute atomic E-state index is 0.00743. The summed E-state index contributed by atoms with van der Waals surface area (Å²) in [7, 11) is 0. The number of morpholine rings is 1. The first kappa shape index (κ1) is 25.5. The summed E-state index contributed by atoms with van der Waals surface area (Å²) in [5, 5.41) is 9.78. The minimum Gasteiger partial charge on any atom is -0.372 e. The average Bonchev–Trinajstić information content (AvgIpc) is 2.98. The van der Waals surface area contributed by atoms with Gasteiger partial charge in [0.05, 0.1) is 17.1 Å². The number of carbonyl (C=O) groups is 1. The number of nitriles is 1. The van der Waals surface area contributed by atoms with E-state index in [1.165, 1.54) is 11.8 Å². The Morgan fingerprint density at radius 2 is 1.91 bits per heavy atom. The molecule has 0 saturated carbocycles. The molecule has 33 heavy (non-hydrogen) atoms. The zero-order chi connectivity index (χ0) is 24.4. The largest absolute Gasteiger partial charge is 0.372 e. The van der Waals surface area contributed by atoms with E-state index < -0.39 is 0 Å². The molecule has 2 aliphatic rings. The summed E-state index contributed by atoms with van der Waals surface area (Å²) >= 11 is 6.76. The Morgan fingerprint density at radius 3 is 2.45 bits per heavy atom. The highest BCUT2D eigenvalue weighted by Crippen LogP contribution is 2.36. The van der Waals surface area contributed by atoms with Gasteiger partial charge in [-0.2, -0.15) is 5.26 Å². The van der Waals surface area contributed by atoms with Gasteiger partial charge >= 0.3 is 0 Å². The third-order valence-corrected chi connectivity index (χ3v) is 7.09. The highest BCUT2D eigenvalue weighted by molar-refractivity contribution is 8.26. The van der Waals surface area contributed by atoms with Crippen molar-refractivity contribution in [3.63, 3.8) is 0 Å². The maximum absolute atomic E-state index is 13.3. The number of amides is 1. The van der Waals surface area contributed by atoms with Crippen molar-refractivity contribution < 1.29 is 9.53 Å². The van der Waals surface area contributed by atoms with Gasteiger partial charge in [0.25, 0.3) is 11.5 Å². The van der Waals surface area contributed by atoms with Crippen molar-refractivity contribution in [2.75, 3.05) is 24.5 Å². The second kappa shape index (κ2) is 10.4. The van der Waals surface area contributed by atoms with Crippen LogP contribution in [0.5, 0.6) is 0 Å². The van der Waals surface area contributed by atoms with E-state index in [-0.39, 0.29) is 35.2 Å². The predicted octanol–water partition coefficient (Wildman–Crippen LogP) is 3.91. The van der Waals surface area contributed by atoms with Gasteiger partial charge in [-0.05, 0) is 44.7 Å². The van der Waals surface area contributed by atoms with Crippen LogP contribution in [0.3, 0.4) is 0 Å². The molecule has 0 aliphatic carbocycles. The normalized spacial score (nSPS) is 22.5. The summed E-state index contributed by atoms with van der Waals surface area (Å²) in [6.07, 6.45) is 2.55. The standard InChI is InChI=1S/C24H32N4O3S2/c1-7-8-27-21(26-12-15(4)31-16(5)13-26)18(17(6)19(10-25)22(27)29)9-20-23(30)28(11-14(2)3)24(32)33-20/h9,14-16H,7-8,11-13H2,1-6H3/b20-9+. The molecule has 0 bridgehead atoms.